The van der Waals surface area contributed by atoms with Crippen molar-refractivity contribution in [2.24, 2.45) is 5.92 Å². The average Bonchev–Trinajstić information content (AvgIpc) is 3.43. The van der Waals surface area contributed by atoms with Crippen molar-refractivity contribution < 1.29 is 23.1 Å². The highest BCUT2D eigenvalue weighted by Gasteiger charge is 2.56. The molecule has 1 aromatic carbocycles. The summed E-state index contributed by atoms with van der Waals surface area (Å²) in [6, 6.07) is 3.27. The van der Waals surface area contributed by atoms with Crippen LogP contribution in [0.5, 0.6) is 0 Å². The fourth-order valence-corrected chi connectivity index (χ4v) is 5.35. The van der Waals surface area contributed by atoms with E-state index in [1.54, 1.807) is 11.6 Å². The van der Waals surface area contributed by atoms with Gasteiger partial charge in [-0.15, -0.1) is 11.3 Å². The molecular weight excluding hydrogens is 465 g/mol. The molecule has 3 heterocycles. The van der Waals surface area contributed by atoms with Gasteiger partial charge in [0.05, 0.1) is 16.4 Å². The highest BCUT2D eigenvalue weighted by molar-refractivity contribution is 7.13. The van der Waals surface area contributed by atoms with E-state index in [1.165, 1.54) is 23.5 Å². The predicted octanol–water partition coefficient (Wildman–Crippen LogP) is 4.99. The minimum absolute atomic E-state index is 0.00195. The van der Waals surface area contributed by atoms with Gasteiger partial charge in [-0.2, -0.15) is 0 Å². The van der Waals surface area contributed by atoms with E-state index in [0.717, 1.165) is 6.07 Å². The summed E-state index contributed by atoms with van der Waals surface area (Å²) in [6.07, 6.45) is 1.69. The van der Waals surface area contributed by atoms with Crippen LogP contribution in [0.25, 0.3) is 22.1 Å². The lowest BCUT2D eigenvalue weighted by Gasteiger charge is -2.31. The minimum Gasteiger partial charge on any atom is -0.478 e. The summed E-state index contributed by atoms with van der Waals surface area (Å²) in [5.74, 6) is -5.09. The first-order chi connectivity index (χ1) is 15.2. The quantitative estimate of drug-likeness (QED) is 0.554. The van der Waals surface area contributed by atoms with Gasteiger partial charge in [0, 0.05) is 48.6 Å². The second-order valence-corrected chi connectivity index (χ2v) is 9.27. The molecule has 3 aromatic rings. The van der Waals surface area contributed by atoms with Crippen molar-refractivity contribution in [3.8, 4) is 22.1 Å². The zero-order chi connectivity index (χ0) is 22.6. The van der Waals surface area contributed by atoms with Gasteiger partial charge >= 0.3 is 5.97 Å². The molecule has 1 saturated carbocycles. The lowest BCUT2D eigenvalue weighted by atomic mass is 10.0. The number of benzene rings is 1. The maximum atomic E-state index is 14.0. The Labute approximate surface area is 189 Å². The smallest absolute Gasteiger partial charge is 0.339 e. The molecule has 2 atom stereocenters. The van der Waals surface area contributed by atoms with E-state index < -0.39 is 23.6 Å². The van der Waals surface area contributed by atoms with Gasteiger partial charge in [-0.25, -0.2) is 32.9 Å². The number of carboxylic acid groups (broad SMARTS) is 1. The molecule has 5 rings (SSSR count). The van der Waals surface area contributed by atoms with Crippen LogP contribution in [0, 0.1) is 11.7 Å². The molecule has 1 N–H and O–H groups in total. The normalized spacial score (nSPS) is 21.9. The second-order valence-electron chi connectivity index (χ2n) is 7.97. The topological polar surface area (TPSA) is 79.2 Å². The lowest BCUT2D eigenvalue weighted by Crippen LogP contribution is -2.40. The number of thiazole rings is 1. The number of aromatic nitrogens is 3. The number of likely N-dealkylation sites (tertiary alicyclic amines) is 1. The monoisotopic (exact) mass is 480 g/mol. The fourth-order valence-electron chi connectivity index (χ4n) is 4.52. The van der Waals surface area contributed by atoms with Crippen molar-refractivity contribution in [3.63, 3.8) is 0 Å². The molecule has 1 unspecified atom stereocenters. The fraction of sp³-hybridized carbons (Fsp3) is 0.333. The van der Waals surface area contributed by atoms with Crippen LogP contribution in [-0.2, 0) is 6.54 Å². The van der Waals surface area contributed by atoms with Gasteiger partial charge in [-0.3, -0.25) is 4.90 Å². The summed E-state index contributed by atoms with van der Waals surface area (Å²) < 4.78 is 41.6. The lowest BCUT2D eigenvalue weighted by molar-refractivity contribution is -0.0687. The molecule has 166 valence electrons. The van der Waals surface area contributed by atoms with Gasteiger partial charge in [-0.05, 0) is 24.6 Å². The predicted molar refractivity (Wildman–Crippen MR) is 112 cm³/mol. The maximum Gasteiger partial charge on any atom is 0.339 e. The standard InChI is InChI=1S/C21H16ClF3N4O2S/c22-14-6-11(23)1-2-13(14)17-16(20(30)31)15(27-18(28-17)19-26-3-4-32-19)9-29-8-10-5-12(29)7-21(10,24)25/h1-4,6,10,12H,5,7-9H2,(H,30,31)/t10-,12?/m1/s1. The van der Waals surface area contributed by atoms with Crippen molar-refractivity contribution >= 4 is 28.9 Å². The molecule has 1 aliphatic heterocycles. The molecule has 0 radical (unpaired) electrons. The van der Waals surface area contributed by atoms with Gasteiger partial charge in [0.25, 0.3) is 5.92 Å². The van der Waals surface area contributed by atoms with Crippen molar-refractivity contribution in [1.29, 1.82) is 0 Å². The molecule has 6 nitrogen and oxygen atoms in total. The summed E-state index contributed by atoms with van der Waals surface area (Å²) in [4.78, 5) is 27.2. The van der Waals surface area contributed by atoms with Crippen LogP contribution in [0.1, 0.15) is 28.9 Å². The number of carboxylic acids is 1. The Morgan fingerprint density at radius 2 is 2.16 bits per heavy atom. The molecule has 2 aromatic heterocycles. The van der Waals surface area contributed by atoms with Gasteiger partial charge in [0.2, 0.25) is 0 Å². The summed E-state index contributed by atoms with van der Waals surface area (Å²) in [5.41, 5.74) is 0.270. The van der Waals surface area contributed by atoms with Crippen LogP contribution >= 0.6 is 22.9 Å². The van der Waals surface area contributed by atoms with Crippen LogP contribution in [0.4, 0.5) is 13.2 Å². The number of nitrogens with zero attached hydrogens (tertiary/aromatic N) is 4. The third-order valence-corrected chi connectivity index (χ3v) is 7.08. The molecule has 2 fully saturated rings. The molecule has 1 saturated heterocycles. The van der Waals surface area contributed by atoms with E-state index in [0.29, 0.717) is 11.4 Å². The van der Waals surface area contributed by atoms with Gasteiger partial charge in [-0.1, -0.05) is 11.6 Å². The number of hydrogen-bond acceptors (Lipinski definition) is 6. The first kappa shape index (κ1) is 21.3. The van der Waals surface area contributed by atoms with Crippen molar-refractivity contribution in [3.05, 3.63) is 51.9 Å². The second kappa shape index (κ2) is 7.79. The highest BCUT2D eigenvalue weighted by atomic mass is 35.5. The zero-order valence-corrected chi connectivity index (χ0v) is 18.0. The number of halogens is 4. The Hall–Kier alpha value is -2.56. The number of alkyl halides is 2. The molecule has 0 amide bonds. The van der Waals surface area contributed by atoms with E-state index in [-0.39, 0.29) is 58.9 Å². The Morgan fingerprint density at radius 1 is 1.34 bits per heavy atom. The first-order valence-electron chi connectivity index (χ1n) is 9.84. The number of piperidine rings is 1. The third kappa shape index (κ3) is 3.66. The van der Waals surface area contributed by atoms with Gasteiger partial charge < -0.3 is 5.11 Å². The summed E-state index contributed by atoms with van der Waals surface area (Å²) in [6.45, 7) is 0.242. The average molecular weight is 481 g/mol. The molecule has 2 aliphatic rings. The third-order valence-electron chi connectivity index (χ3n) is 5.99. The molecule has 0 spiro atoms. The van der Waals surface area contributed by atoms with E-state index >= 15 is 0 Å². The van der Waals surface area contributed by atoms with Crippen molar-refractivity contribution in [2.75, 3.05) is 6.54 Å². The van der Waals surface area contributed by atoms with Gasteiger partial charge in [0.15, 0.2) is 10.8 Å². The van der Waals surface area contributed by atoms with Crippen LogP contribution in [0.15, 0.2) is 29.8 Å². The maximum absolute atomic E-state index is 14.0. The first-order valence-corrected chi connectivity index (χ1v) is 11.1. The largest absolute Gasteiger partial charge is 0.478 e. The number of rotatable bonds is 5. The summed E-state index contributed by atoms with van der Waals surface area (Å²) in [5, 5.41) is 12.2. The number of carbonyl (C=O) groups is 1. The van der Waals surface area contributed by atoms with Crippen LogP contribution in [0.2, 0.25) is 5.02 Å². The molecular formula is C21H16ClF3N4O2S. The molecule has 2 bridgehead atoms. The number of aromatic carboxylic acids is 1. The Balaban J connectivity index is 1.64. The van der Waals surface area contributed by atoms with Gasteiger partial charge in [0.1, 0.15) is 11.4 Å². The van der Waals surface area contributed by atoms with Crippen LogP contribution in [0.3, 0.4) is 0 Å². The highest BCUT2D eigenvalue weighted by Crippen LogP contribution is 2.48. The van der Waals surface area contributed by atoms with Crippen molar-refractivity contribution in [1.82, 2.24) is 19.9 Å². The van der Waals surface area contributed by atoms with E-state index in [2.05, 4.69) is 15.0 Å². The minimum atomic E-state index is -2.69. The summed E-state index contributed by atoms with van der Waals surface area (Å²) >= 11 is 7.50. The Bertz CT molecular complexity index is 1210. The van der Waals surface area contributed by atoms with Crippen molar-refractivity contribution in [2.45, 2.75) is 31.4 Å². The molecule has 1 aliphatic carbocycles. The van der Waals surface area contributed by atoms with E-state index in [9.17, 15) is 23.1 Å². The van der Waals surface area contributed by atoms with Crippen LogP contribution < -0.4 is 0 Å². The SMILES string of the molecule is O=C(O)c1c(CN2C[C@H]3CC2CC3(F)F)nc(-c2nccs2)nc1-c1ccc(F)cc1Cl. The number of hydrogen-bond donors (Lipinski definition) is 1. The number of fused-ring (bicyclic) bond motifs is 2. The molecule has 11 heteroatoms. The molecule has 32 heavy (non-hydrogen) atoms. The zero-order valence-electron chi connectivity index (χ0n) is 16.4. The summed E-state index contributed by atoms with van der Waals surface area (Å²) in [7, 11) is 0. The Morgan fingerprint density at radius 3 is 2.75 bits per heavy atom. The van der Waals surface area contributed by atoms with Crippen LogP contribution in [-0.4, -0.2) is 49.4 Å². The Kier molecular flexibility index (Phi) is 5.18. The van der Waals surface area contributed by atoms with E-state index in [4.69, 9.17) is 11.6 Å². The van der Waals surface area contributed by atoms with E-state index in [1.807, 2.05) is 4.90 Å².